The van der Waals surface area contributed by atoms with Crippen molar-refractivity contribution >= 4 is 5.91 Å². The van der Waals surface area contributed by atoms with Gasteiger partial charge in [-0.1, -0.05) is 6.07 Å². The largest absolute Gasteiger partial charge is 0.493 e. The van der Waals surface area contributed by atoms with Crippen molar-refractivity contribution in [1.29, 1.82) is 0 Å². The van der Waals surface area contributed by atoms with Gasteiger partial charge in [-0.25, -0.2) is 9.97 Å². The molecule has 3 rings (SSSR count). The highest BCUT2D eigenvalue weighted by Gasteiger charge is 2.25. The van der Waals surface area contributed by atoms with Crippen LogP contribution in [0.3, 0.4) is 0 Å². The molecule has 1 saturated heterocycles. The number of carbonyl (C=O) groups excluding carboxylic acids is 1. The van der Waals surface area contributed by atoms with E-state index in [0.717, 1.165) is 24.9 Å². The van der Waals surface area contributed by atoms with E-state index in [4.69, 9.17) is 14.2 Å². The Balaban J connectivity index is 1.60. The van der Waals surface area contributed by atoms with Gasteiger partial charge in [0.1, 0.15) is 12.4 Å². The number of benzene rings is 1. The van der Waals surface area contributed by atoms with Crippen molar-refractivity contribution in [3.8, 4) is 17.4 Å². The van der Waals surface area contributed by atoms with Gasteiger partial charge in [0.15, 0.2) is 11.5 Å². The number of amides is 1. The third kappa shape index (κ3) is 4.41. The van der Waals surface area contributed by atoms with Gasteiger partial charge < -0.3 is 19.1 Å². The number of methoxy groups -OCH3 is 2. The van der Waals surface area contributed by atoms with Gasteiger partial charge in [0.25, 0.3) is 0 Å². The molecule has 7 heteroatoms. The molecule has 0 spiro atoms. The van der Waals surface area contributed by atoms with E-state index < -0.39 is 0 Å². The lowest BCUT2D eigenvalue weighted by Gasteiger charge is -2.32. The molecule has 1 amide bonds. The average Bonchev–Trinajstić information content (AvgIpc) is 2.69. The van der Waals surface area contributed by atoms with E-state index in [1.165, 1.54) is 6.33 Å². The second-order valence-electron chi connectivity index (χ2n) is 6.14. The van der Waals surface area contributed by atoms with E-state index in [0.29, 0.717) is 30.3 Å². The lowest BCUT2D eigenvalue weighted by molar-refractivity contribution is -0.133. The number of aromatic nitrogens is 2. The summed E-state index contributed by atoms with van der Waals surface area (Å²) in [5.74, 6) is 1.90. The molecule has 1 unspecified atom stereocenters. The highest BCUT2D eigenvalue weighted by molar-refractivity contribution is 5.79. The standard InChI is InChI=1S/C19H23N3O4/c1-24-16-6-5-14(10-17(16)25-2)11-19(23)22-9-3-4-15(12-22)26-18-7-8-20-13-21-18/h5-8,10,13,15H,3-4,9,11-12H2,1-2H3. The van der Waals surface area contributed by atoms with Gasteiger partial charge in [-0.3, -0.25) is 4.79 Å². The monoisotopic (exact) mass is 357 g/mol. The first-order valence-electron chi connectivity index (χ1n) is 8.61. The van der Waals surface area contributed by atoms with Crippen molar-refractivity contribution in [2.45, 2.75) is 25.4 Å². The summed E-state index contributed by atoms with van der Waals surface area (Å²) >= 11 is 0. The van der Waals surface area contributed by atoms with Crippen LogP contribution in [-0.2, 0) is 11.2 Å². The van der Waals surface area contributed by atoms with Gasteiger partial charge in [-0.05, 0) is 30.5 Å². The fourth-order valence-corrected chi connectivity index (χ4v) is 3.06. The Hall–Kier alpha value is -2.83. The zero-order chi connectivity index (χ0) is 18.4. The Morgan fingerprint density at radius 1 is 1.23 bits per heavy atom. The minimum absolute atomic E-state index is 0.0481. The van der Waals surface area contributed by atoms with Crippen molar-refractivity contribution < 1.29 is 19.0 Å². The number of hydrogen-bond acceptors (Lipinski definition) is 6. The molecule has 138 valence electrons. The normalized spacial score (nSPS) is 16.8. The maximum absolute atomic E-state index is 12.7. The van der Waals surface area contributed by atoms with Crippen LogP contribution in [0.25, 0.3) is 0 Å². The molecule has 0 bridgehead atoms. The smallest absolute Gasteiger partial charge is 0.227 e. The highest BCUT2D eigenvalue weighted by atomic mass is 16.5. The van der Waals surface area contributed by atoms with Crippen LogP contribution in [0, 0.1) is 0 Å². The molecular formula is C19H23N3O4. The van der Waals surface area contributed by atoms with Gasteiger partial charge in [0.2, 0.25) is 11.8 Å². The Morgan fingerprint density at radius 2 is 2.08 bits per heavy atom. The molecule has 1 fully saturated rings. The molecule has 0 saturated carbocycles. The van der Waals surface area contributed by atoms with Gasteiger partial charge >= 0.3 is 0 Å². The van der Waals surface area contributed by atoms with Crippen molar-refractivity contribution in [2.24, 2.45) is 0 Å². The van der Waals surface area contributed by atoms with Crippen LogP contribution in [-0.4, -0.2) is 54.2 Å². The third-order valence-electron chi connectivity index (χ3n) is 4.38. The van der Waals surface area contributed by atoms with Crippen LogP contribution in [0.4, 0.5) is 0 Å². The molecule has 0 aliphatic carbocycles. The molecule has 1 aliphatic heterocycles. The van der Waals surface area contributed by atoms with E-state index in [-0.39, 0.29) is 12.0 Å². The summed E-state index contributed by atoms with van der Waals surface area (Å²) in [6.07, 6.45) is 5.19. The molecule has 1 atom stereocenters. The summed E-state index contributed by atoms with van der Waals surface area (Å²) in [6.45, 7) is 1.31. The SMILES string of the molecule is COc1ccc(CC(=O)N2CCCC(Oc3ccncn3)C2)cc1OC. The van der Waals surface area contributed by atoms with Crippen molar-refractivity contribution in [2.75, 3.05) is 27.3 Å². The number of ether oxygens (including phenoxy) is 3. The van der Waals surface area contributed by atoms with Crippen molar-refractivity contribution in [3.63, 3.8) is 0 Å². The molecule has 1 aliphatic rings. The van der Waals surface area contributed by atoms with E-state index in [2.05, 4.69) is 9.97 Å². The first kappa shape index (κ1) is 18.0. The summed E-state index contributed by atoms with van der Waals surface area (Å²) in [5.41, 5.74) is 0.895. The van der Waals surface area contributed by atoms with Crippen LogP contribution in [0.15, 0.2) is 36.8 Å². The average molecular weight is 357 g/mol. The topological polar surface area (TPSA) is 73.8 Å². The number of nitrogens with zero attached hydrogens (tertiary/aromatic N) is 3. The number of hydrogen-bond donors (Lipinski definition) is 0. The lowest BCUT2D eigenvalue weighted by Crippen LogP contribution is -2.45. The summed E-state index contributed by atoms with van der Waals surface area (Å²) in [4.78, 5) is 22.5. The second-order valence-corrected chi connectivity index (χ2v) is 6.14. The second kappa shape index (κ2) is 8.51. The van der Waals surface area contributed by atoms with Crippen molar-refractivity contribution in [1.82, 2.24) is 14.9 Å². The fourth-order valence-electron chi connectivity index (χ4n) is 3.06. The van der Waals surface area contributed by atoms with E-state index in [9.17, 15) is 4.79 Å². The lowest BCUT2D eigenvalue weighted by atomic mass is 10.1. The summed E-state index contributed by atoms with van der Waals surface area (Å²) < 4.78 is 16.4. The number of likely N-dealkylation sites (tertiary alicyclic amines) is 1. The minimum Gasteiger partial charge on any atom is -0.493 e. The van der Waals surface area contributed by atoms with Gasteiger partial charge in [0.05, 0.1) is 27.2 Å². The van der Waals surface area contributed by atoms with Crippen LogP contribution in [0.2, 0.25) is 0 Å². The predicted octanol–water partition coefficient (Wildman–Crippen LogP) is 2.11. The number of rotatable bonds is 6. The number of carbonyl (C=O) groups is 1. The van der Waals surface area contributed by atoms with Gasteiger partial charge in [0, 0.05) is 18.8 Å². The molecular weight excluding hydrogens is 334 g/mol. The van der Waals surface area contributed by atoms with Crippen LogP contribution < -0.4 is 14.2 Å². The van der Waals surface area contributed by atoms with Crippen LogP contribution in [0.5, 0.6) is 17.4 Å². The molecule has 0 N–H and O–H groups in total. The Bertz CT molecular complexity index is 739. The maximum atomic E-state index is 12.7. The molecule has 1 aromatic carbocycles. The number of piperidine rings is 1. The molecule has 0 radical (unpaired) electrons. The van der Waals surface area contributed by atoms with E-state index in [1.54, 1.807) is 26.5 Å². The van der Waals surface area contributed by atoms with E-state index in [1.807, 2.05) is 23.1 Å². The Morgan fingerprint density at radius 3 is 2.81 bits per heavy atom. The predicted molar refractivity (Wildman–Crippen MR) is 95.5 cm³/mol. The van der Waals surface area contributed by atoms with Gasteiger partial charge in [-0.2, -0.15) is 0 Å². The molecule has 26 heavy (non-hydrogen) atoms. The first-order valence-corrected chi connectivity index (χ1v) is 8.61. The first-order chi connectivity index (χ1) is 12.7. The van der Waals surface area contributed by atoms with Crippen LogP contribution >= 0.6 is 0 Å². The Kier molecular flexibility index (Phi) is 5.88. The zero-order valence-corrected chi connectivity index (χ0v) is 15.1. The van der Waals surface area contributed by atoms with Gasteiger partial charge in [-0.15, -0.1) is 0 Å². The molecule has 2 heterocycles. The van der Waals surface area contributed by atoms with E-state index >= 15 is 0 Å². The fraction of sp³-hybridized carbons (Fsp3) is 0.421. The third-order valence-corrected chi connectivity index (χ3v) is 4.38. The summed E-state index contributed by atoms with van der Waals surface area (Å²) in [7, 11) is 3.18. The summed E-state index contributed by atoms with van der Waals surface area (Å²) in [5, 5.41) is 0. The highest BCUT2D eigenvalue weighted by Crippen LogP contribution is 2.28. The summed E-state index contributed by atoms with van der Waals surface area (Å²) in [6, 6.07) is 7.27. The molecule has 7 nitrogen and oxygen atoms in total. The Labute approximate surface area is 152 Å². The molecule has 2 aromatic rings. The minimum atomic E-state index is -0.0481. The maximum Gasteiger partial charge on any atom is 0.227 e. The molecule has 1 aromatic heterocycles. The quantitative estimate of drug-likeness (QED) is 0.788. The zero-order valence-electron chi connectivity index (χ0n) is 15.1. The van der Waals surface area contributed by atoms with Crippen molar-refractivity contribution in [3.05, 3.63) is 42.4 Å². The van der Waals surface area contributed by atoms with Crippen LogP contribution in [0.1, 0.15) is 18.4 Å².